The predicted molar refractivity (Wildman–Crippen MR) is 84.3 cm³/mol. The molecule has 2 rings (SSSR count). The van der Waals surface area contributed by atoms with Crippen molar-refractivity contribution < 1.29 is 4.39 Å². The molecule has 0 radical (unpaired) electrons. The van der Waals surface area contributed by atoms with Crippen molar-refractivity contribution in [2.24, 2.45) is 7.05 Å². The topological polar surface area (TPSA) is 34.9 Å². The van der Waals surface area contributed by atoms with Gasteiger partial charge in [-0.25, -0.2) is 9.37 Å². The van der Waals surface area contributed by atoms with E-state index in [2.05, 4.69) is 11.6 Å². The molecule has 0 unspecified atom stereocenters. The van der Waals surface area contributed by atoms with Crippen LogP contribution in [0.2, 0.25) is 0 Å². The molecule has 0 aliphatic carbocycles. The lowest BCUT2D eigenvalue weighted by molar-refractivity contribution is 0.627. The molecule has 1 aromatic heterocycles. The van der Waals surface area contributed by atoms with E-state index in [4.69, 9.17) is 0 Å². The molecule has 0 fully saturated rings. The molecule has 0 atom stereocenters. The average Bonchev–Trinajstić information content (AvgIpc) is 2.48. The van der Waals surface area contributed by atoms with Crippen LogP contribution in [0.4, 0.5) is 4.39 Å². The standard InChI is InChI=1S/C16H17FN2OS/c1-4-9-21-16-18-11(2)14(15(20)19(16)3)10-12-5-7-13(17)8-6-12/h4-8H,1,9-10H2,2-3H3. The molecule has 110 valence electrons. The number of hydrogen-bond acceptors (Lipinski definition) is 3. The minimum absolute atomic E-state index is 0.0570. The van der Waals surface area contributed by atoms with Gasteiger partial charge in [0.1, 0.15) is 5.82 Å². The number of aromatic nitrogens is 2. The largest absolute Gasteiger partial charge is 0.291 e. The monoisotopic (exact) mass is 304 g/mol. The van der Waals surface area contributed by atoms with Gasteiger partial charge in [-0.15, -0.1) is 6.58 Å². The van der Waals surface area contributed by atoms with E-state index in [1.807, 2.05) is 6.92 Å². The van der Waals surface area contributed by atoms with Gasteiger partial charge in [0, 0.05) is 30.5 Å². The quantitative estimate of drug-likeness (QED) is 0.484. The van der Waals surface area contributed by atoms with Crippen LogP contribution in [0.5, 0.6) is 0 Å². The number of aryl methyl sites for hydroxylation is 1. The first kappa shape index (κ1) is 15.5. The van der Waals surface area contributed by atoms with Gasteiger partial charge in [-0.2, -0.15) is 0 Å². The Hall–Kier alpha value is -1.88. The Morgan fingerprint density at radius 2 is 2.05 bits per heavy atom. The lowest BCUT2D eigenvalue weighted by atomic mass is 10.1. The number of nitrogens with zero attached hydrogens (tertiary/aromatic N) is 2. The number of hydrogen-bond donors (Lipinski definition) is 0. The normalized spacial score (nSPS) is 10.6. The van der Waals surface area contributed by atoms with E-state index in [1.54, 1.807) is 29.8 Å². The third-order valence-corrected chi connectivity index (χ3v) is 4.20. The molecule has 0 aliphatic rings. The maximum absolute atomic E-state index is 12.9. The van der Waals surface area contributed by atoms with Gasteiger partial charge in [0.2, 0.25) is 0 Å². The molecule has 0 aliphatic heterocycles. The summed E-state index contributed by atoms with van der Waals surface area (Å²) in [4.78, 5) is 16.9. The zero-order valence-corrected chi connectivity index (χ0v) is 12.9. The molecule has 0 N–H and O–H groups in total. The second kappa shape index (κ2) is 6.72. The minimum Gasteiger partial charge on any atom is -0.291 e. The van der Waals surface area contributed by atoms with Crippen LogP contribution < -0.4 is 5.56 Å². The highest BCUT2D eigenvalue weighted by atomic mass is 32.2. The van der Waals surface area contributed by atoms with Gasteiger partial charge >= 0.3 is 0 Å². The first-order chi connectivity index (χ1) is 10.0. The van der Waals surface area contributed by atoms with Crippen LogP contribution in [-0.4, -0.2) is 15.3 Å². The molecule has 3 nitrogen and oxygen atoms in total. The maximum Gasteiger partial charge on any atom is 0.257 e. The van der Waals surface area contributed by atoms with Gasteiger partial charge < -0.3 is 0 Å². The van der Waals surface area contributed by atoms with Crippen LogP contribution in [0.15, 0.2) is 46.9 Å². The number of rotatable bonds is 5. The van der Waals surface area contributed by atoms with Crippen molar-refractivity contribution in [1.82, 2.24) is 9.55 Å². The number of thioether (sulfide) groups is 1. The summed E-state index contributed by atoms with van der Waals surface area (Å²) in [7, 11) is 1.72. The Labute approximate surface area is 127 Å². The Balaban J connectivity index is 2.36. The Kier molecular flexibility index (Phi) is 4.96. The van der Waals surface area contributed by atoms with Crippen LogP contribution in [0.3, 0.4) is 0 Å². The third kappa shape index (κ3) is 3.61. The summed E-state index contributed by atoms with van der Waals surface area (Å²) >= 11 is 1.48. The average molecular weight is 304 g/mol. The SMILES string of the molecule is C=CCSc1nc(C)c(Cc2ccc(F)cc2)c(=O)n1C. The van der Waals surface area contributed by atoms with Gasteiger partial charge in [-0.1, -0.05) is 30.0 Å². The van der Waals surface area contributed by atoms with Crippen LogP contribution in [-0.2, 0) is 13.5 Å². The van der Waals surface area contributed by atoms with E-state index in [-0.39, 0.29) is 11.4 Å². The molecule has 0 saturated heterocycles. The van der Waals surface area contributed by atoms with E-state index in [0.717, 1.165) is 5.56 Å². The third-order valence-electron chi connectivity index (χ3n) is 3.17. The van der Waals surface area contributed by atoms with Crippen LogP contribution >= 0.6 is 11.8 Å². The molecule has 5 heteroatoms. The second-order valence-electron chi connectivity index (χ2n) is 4.73. The smallest absolute Gasteiger partial charge is 0.257 e. The molecular weight excluding hydrogens is 287 g/mol. The fourth-order valence-electron chi connectivity index (χ4n) is 2.00. The van der Waals surface area contributed by atoms with Gasteiger partial charge in [0.15, 0.2) is 5.16 Å². The second-order valence-corrected chi connectivity index (χ2v) is 5.71. The van der Waals surface area contributed by atoms with Gasteiger partial charge in [-0.05, 0) is 24.6 Å². The van der Waals surface area contributed by atoms with Crippen molar-refractivity contribution in [2.75, 3.05) is 5.75 Å². The van der Waals surface area contributed by atoms with Crippen molar-refractivity contribution in [3.05, 3.63) is 69.9 Å². The highest BCUT2D eigenvalue weighted by Crippen LogP contribution is 2.16. The fourth-order valence-corrected chi connectivity index (χ4v) is 2.75. The molecule has 21 heavy (non-hydrogen) atoms. The van der Waals surface area contributed by atoms with Crippen LogP contribution in [0.1, 0.15) is 16.8 Å². The van der Waals surface area contributed by atoms with Crippen molar-refractivity contribution in [3.8, 4) is 0 Å². The molecule has 2 aromatic rings. The molecule has 0 spiro atoms. The van der Waals surface area contributed by atoms with E-state index in [9.17, 15) is 9.18 Å². The summed E-state index contributed by atoms with van der Waals surface area (Å²) in [5.74, 6) is 0.425. The molecule has 0 bridgehead atoms. The maximum atomic E-state index is 12.9. The molecular formula is C16H17FN2OS. The molecule has 0 saturated carbocycles. The van der Waals surface area contributed by atoms with Crippen LogP contribution in [0, 0.1) is 12.7 Å². The van der Waals surface area contributed by atoms with Crippen molar-refractivity contribution in [2.45, 2.75) is 18.5 Å². The van der Waals surface area contributed by atoms with E-state index < -0.39 is 0 Å². The fraction of sp³-hybridized carbons (Fsp3) is 0.250. The van der Waals surface area contributed by atoms with Crippen LogP contribution in [0.25, 0.3) is 0 Å². The van der Waals surface area contributed by atoms with Gasteiger partial charge in [-0.3, -0.25) is 9.36 Å². The summed E-state index contributed by atoms with van der Waals surface area (Å²) in [6.45, 7) is 5.50. The first-order valence-electron chi connectivity index (χ1n) is 6.57. The molecule has 1 aromatic carbocycles. The highest BCUT2D eigenvalue weighted by molar-refractivity contribution is 7.99. The Morgan fingerprint density at radius 1 is 1.38 bits per heavy atom. The number of halogens is 1. The minimum atomic E-state index is -0.280. The molecule has 0 amide bonds. The predicted octanol–water partition coefficient (Wildman–Crippen LogP) is 3.10. The lowest BCUT2D eigenvalue weighted by Crippen LogP contribution is -2.25. The van der Waals surface area contributed by atoms with E-state index in [1.165, 1.54) is 23.9 Å². The van der Waals surface area contributed by atoms with Crippen molar-refractivity contribution in [3.63, 3.8) is 0 Å². The van der Waals surface area contributed by atoms with Crippen molar-refractivity contribution in [1.29, 1.82) is 0 Å². The van der Waals surface area contributed by atoms with Crippen molar-refractivity contribution >= 4 is 11.8 Å². The van der Waals surface area contributed by atoms with E-state index >= 15 is 0 Å². The lowest BCUT2D eigenvalue weighted by Gasteiger charge is -2.11. The first-order valence-corrected chi connectivity index (χ1v) is 7.56. The Morgan fingerprint density at radius 3 is 2.67 bits per heavy atom. The summed E-state index contributed by atoms with van der Waals surface area (Å²) in [6.07, 6.45) is 2.23. The summed E-state index contributed by atoms with van der Waals surface area (Å²) < 4.78 is 14.5. The Bertz CT molecular complexity index is 707. The number of benzene rings is 1. The van der Waals surface area contributed by atoms with Gasteiger partial charge in [0.25, 0.3) is 5.56 Å². The summed E-state index contributed by atoms with van der Waals surface area (Å²) in [5, 5.41) is 0.681. The highest BCUT2D eigenvalue weighted by Gasteiger charge is 2.12. The van der Waals surface area contributed by atoms with Gasteiger partial charge in [0.05, 0.1) is 0 Å². The van der Waals surface area contributed by atoms with E-state index in [0.29, 0.717) is 28.6 Å². The zero-order valence-electron chi connectivity index (χ0n) is 12.1. The molecule has 1 heterocycles. The summed E-state index contributed by atoms with van der Waals surface area (Å²) in [5.41, 5.74) is 2.20. The summed E-state index contributed by atoms with van der Waals surface area (Å²) in [6, 6.07) is 6.18. The zero-order chi connectivity index (χ0) is 15.4.